The quantitative estimate of drug-likeness (QED) is 0.816. The van der Waals surface area contributed by atoms with Gasteiger partial charge in [-0.1, -0.05) is 0 Å². The highest BCUT2D eigenvalue weighted by Crippen LogP contribution is 2.21. The molecule has 0 amide bonds. The third-order valence-electron chi connectivity index (χ3n) is 1.74. The summed E-state index contributed by atoms with van der Waals surface area (Å²) in [7, 11) is 0. The van der Waals surface area contributed by atoms with Gasteiger partial charge in [0.1, 0.15) is 5.82 Å². The first kappa shape index (κ1) is 12.7. The van der Waals surface area contributed by atoms with E-state index in [1.165, 1.54) is 0 Å². The number of aromatic nitrogens is 1. The summed E-state index contributed by atoms with van der Waals surface area (Å²) < 4.78 is 52.9. The van der Waals surface area contributed by atoms with Crippen molar-refractivity contribution < 1.29 is 22.3 Å². The van der Waals surface area contributed by atoms with Gasteiger partial charge in [-0.15, -0.1) is 0 Å². The lowest BCUT2D eigenvalue weighted by Gasteiger charge is -2.10. The minimum Gasteiger partial charge on any atom is -0.477 e. The van der Waals surface area contributed by atoms with Gasteiger partial charge in [0.2, 0.25) is 5.88 Å². The van der Waals surface area contributed by atoms with E-state index in [-0.39, 0.29) is 18.0 Å². The standard InChI is InChI=1S/C9H10F4N2O/c10-7-3-6(4-14)8(15-5-7)16-2-1-9(11,12)13/h3,5H,1-2,4,14H2. The fourth-order valence-electron chi connectivity index (χ4n) is 1.01. The second-order valence-electron chi connectivity index (χ2n) is 3.04. The second-order valence-corrected chi connectivity index (χ2v) is 3.04. The van der Waals surface area contributed by atoms with E-state index in [4.69, 9.17) is 10.5 Å². The molecule has 1 aromatic heterocycles. The van der Waals surface area contributed by atoms with E-state index in [0.717, 1.165) is 12.3 Å². The third kappa shape index (κ3) is 4.01. The number of ether oxygens (including phenoxy) is 1. The smallest absolute Gasteiger partial charge is 0.392 e. The fraction of sp³-hybridized carbons (Fsp3) is 0.444. The SMILES string of the molecule is NCc1cc(F)cnc1OCCC(F)(F)F. The van der Waals surface area contributed by atoms with Gasteiger partial charge in [-0.05, 0) is 6.07 Å². The minimum atomic E-state index is -4.29. The summed E-state index contributed by atoms with van der Waals surface area (Å²) in [5, 5.41) is 0. The lowest BCUT2D eigenvalue weighted by atomic mass is 10.2. The summed E-state index contributed by atoms with van der Waals surface area (Å²) >= 11 is 0. The first-order chi connectivity index (χ1) is 7.42. The molecule has 1 heterocycles. The largest absolute Gasteiger partial charge is 0.477 e. The Morgan fingerprint density at radius 2 is 2.06 bits per heavy atom. The van der Waals surface area contributed by atoms with Crippen molar-refractivity contribution in [3.63, 3.8) is 0 Å². The molecule has 1 aromatic rings. The molecule has 0 atom stereocenters. The Morgan fingerprint density at radius 1 is 1.38 bits per heavy atom. The van der Waals surface area contributed by atoms with Crippen LogP contribution in [0.15, 0.2) is 12.3 Å². The van der Waals surface area contributed by atoms with E-state index in [1.807, 2.05) is 0 Å². The van der Waals surface area contributed by atoms with Crippen molar-refractivity contribution in [3.8, 4) is 5.88 Å². The molecular formula is C9H10F4N2O. The maximum absolute atomic E-state index is 12.7. The van der Waals surface area contributed by atoms with Gasteiger partial charge in [-0.3, -0.25) is 0 Å². The molecule has 90 valence electrons. The van der Waals surface area contributed by atoms with Gasteiger partial charge in [0.05, 0.1) is 19.2 Å². The predicted molar refractivity (Wildman–Crippen MR) is 48.3 cm³/mol. The summed E-state index contributed by atoms with van der Waals surface area (Å²) in [6, 6.07) is 1.08. The average Bonchev–Trinajstić information content (AvgIpc) is 2.18. The molecule has 2 N–H and O–H groups in total. The topological polar surface area (TPSA) is 48.1 Å². The molecule has 0 spiro atoms. The zero-order chi connectivity index (χ0) is 12.2. The van der Waals surface area contributed by atoms with Crippen LogP contribution in [0.3, 0.4) is 0 Å². The van der Waals surface area contributed by atoms with Crippen molar-refractivity contribution in [1.29, 1.82) is 0 Å². The average molecular weight is 238 g/mol. The van der Waals surface area contributed by atoms with Gasteiger partial charge >= 0.3 is 6.18 Å². The van der Waals surface area contributed by atoms with Crippen molar-refractivity contribution in [1.82, 2.24) is 4.98 Å². The monoisotopic (exact) mass is 238 g/mol. The molecule has 0 unspecified atom stereocenters. The fourth-order valence-corrected chi connectivity index (χ4v) is 1.01. The maximum atomic E-state index is 12.7. The summed E-state index contributed by atoms with van der Waals surface area (Å²) in [5.41, 5.74) is 5.51. The molecule has 0 fully saturated rings. The van der Waals surface area contributed by atoms with Crippen LogP contribution in [0.5, 0.6) is 5.88 Å². The van der Waals surface area contributed by atoms with E-state index in [0.29, 0.717) is 0 Å². The van der Waals surface area contributed by atoms with Crippen LogP contribution < -0.4 is 10.5 Å². The molecule has 7 heteroatoms. The first-order valence-corrected chi connectivity index (χ1v) is 4.46. The number of rotatable bonds is 4. The number of halogens is 4. The molecule has 0 aromatic carbocycles. The zero-order valence-electron chi connectivity index (χ0n) is 8.22. The van der Waals surface area contributed by atoms with Gasteiger partial charge in [-0.2, -0.15) is 13.2 Å². The number of alkyl halides is 3. The number of nitrogens with two attached hydrogens (primary N) is 1. The second kappa shape index (κ2) is 5.11. The van der Waals surface area contributed by atoms with Gasteiger partial charge in [-0.25, -0.2) is 9.37 Å². The molecule has 0 aliphatic carbocycles. The number of pyridine rings is 1. The van der Waals surface area contributed by atoms with Gasteiger partial charge in [0.15, 0.2) is 0 Å². The van der Waals surface area contributed by atoms with Crippen LogP contribution in [0.25, 0.3) is 0 Å². The molecular weight excluding hydrogens is 228 g/mol. The summed E-state index contributed by atoms with van der Waals surface area (Å²) in [5.74, 6) is -0.670. The minimum absolute atomic E-state index is 0.0495. The zero-order valence-corrected chi connectivity index (χ0v) is 8.22. The third-order valence-corrected chi connectivity index (χ3v) is 1.74. The van der Waals surface area contributed by atoms with E-state index in [2.05, 4.69) is 4.98 Å². The molecule has 0 saturated carbocycles. The molecule has 0 radical (unpaired) electrons. The predicted octanol–water partition coefficient (Wildman–Crippen LogP) is 2.01. The number of nitrogens with zero attached hydrogens (tertiary/aromatic N) is 1. The highest BCUT2D eigenvalue weighted by Gasteiger charge is 2.27. The first-order valence-electron chi connectivity index (χ1n) is 4.46. The Kier molecular flexibility index (Phi) is 4.05. The van der Waals surface area contributed by atoms with Crippen LogP contribution in [0.2, 0.25) is 0 Å². The summed E-state index contributed by atoms with van der Waals surface area (Å²) in [6.07, 6.45) is -4.51. The summed E-state index contributed by atoms with van der Waals surface area (Å²) in [6.45, 7) is -0.610. The van der Waals surface area contributed by atoms with E-state index < -0.39 is 25.0 Å². The Balaban J connectivity index is 2.60. The van der Waals surface area contributed by atoms with Gasteiger partial charge < -0.3 is 10.5 Å². The Labute approximate surface area is 89.2 Å². The molecule has 0 aliphatic rings. The lowest BCUT2D eigenvalue weighted by molar-refractivity contribution is -0.139. The molecule has 0 saturated heterocycles. The molecule has 16 heavy (non-hydrogen) atoms. The van der Waals surface area contributed by atoms with Crippen LogP contribution in [0.1, 0.15) is 12.0 Å². The van der Waals surface area contributed by atoms with Crippen molar-refractivity contribution in [2.75, 3.05) is 6.61 Å². The van der Waals surface area contributed by atoms with E-state index in [9.17, 15) is 17.6 Å². The Morgan fingerprint density at radius 3 is 2.62 bits per heavy atom. The molecule has 0 aliphatic heterocycles. The van der Waals surface area contributed by atoms with Crippen molar-refractivity contribution >= 4 is 0 Å². The van der Waals surface area contributed by atoms with Crippen LogP contribution in [-0.4, -0.2) is 17.8 Å². The van der Waals surface area contributed by atoms with Crippen molar-refractivity contribution in [3.05, 3.63) is 23.6 Å². The molecule has 3 nitrogen and oxygen atoms in total. The Bertz CT molecular complexity index is 354. The van der Waals surface area contributed by atoms with Crippen LogP contribution in [0.4, 0.5) is 17.6 Å². The van der Waals surface area contributed by atoms with Gasteiger partial charge in [0.25, 0.3) is 0 Å². The summed E-state index contributed by atoms with van der Waals surface area (Å²) in [4.78, 5) is 3.52. The number of hydrogen-bond donors (Lipinski definition) is 1. The highest BCUT2D eigenvalue weighted by atomic mass is 19.4. The van der Waals surface area contributed by atoms with Crippen molar-refractivity contribution in [2.24, 2.45) is 5.73 Å². The maximum Gasteiger partial charge on any atom is 0.392 e. The van der Waals surface area contributed by atoms with E-state index in [1.54, 1.807) is 0 Å². The van der Waals surface area contributed by atoms with Crippen LogP contribution in [0, 0.1) is 5.82 Å². The van der Waals surface area contributed by atoms with Crippen molar-refractivity contribution in [2.45, 2.75) is 19.1 Å². The van der Waals surface area contributed by atoms with Crippen LogP contribution >= 0.6 is 0 Å². The molecule has 0 bridgehead atoms. The number of hydrogen-bond acceptors (Lipinski definition) is 3. The van der Waals surface area contributed by atoms with E-state index >= 15 is 0 Å². The normalized spacial score (nSPS) is 11.6. The van der Waals surface area contributed by atoms with Crippen LogP contribution in [-0.2, 0) is 6.54 Å². The van der Waals surface area contributed by atoms with Gasteiger partial charge in [0, 0.05) is 12.1 Å². The molecule has 1 rings (SSSR count). The highest BCUT2D eigenvalue weighted by molar-refractivity contribution is 5.25. The Hall–Kier alpha value is -1.37. The lowest BCUT2D eigenvalue weighted by Crippen LogP contribution is -2.14.